The van der Waals surface area contributed by atoms with Crippen LogP contribution in [0.1, 0.15) is 15.4 Å². The molecule has 3 heterocycles. The minimum absolute atomic E-state index is 0.0362. The Morgan fingerprint density at radius 2 is 2.04 bits per heavy atom. The summed E-state index contributed by atoms with van der Waals surface area (Å²) in [6.45, 7) is 4.82. The molecule has 0 N–H and O–H groups in total. The van der Waals surface area contributed by atoms with E-state index >= 15 is 0 Å². The third-order valence-corrected chi connectivity index (χ3v) is 5.08. The SMILES string of the molecule is Cc1nnsc1C(=O)N1CCN(c2ccc3ncncc3c2)CC1. The van der Waals surface area contributed by atoms with Crippen LogP contribution >= 0.6 is 11.5 Å². The first-order chi connectivity index (χ1) is 11.7. The summed E-state index contributed by atoms with van der Waals surface area (Å²) in [6, 6.07) is 6.18. The van der Waals surface area contributed by atoms with Crippen LogP contribution in [0.25, 0.3) is 10.9 Å². The highest BCUT2D eigenvalue weighted by Crippen LogP contribution is 2.22. The maximum atomic E-state index is 12.5. The fraction of sp³-hybridized carbons (Fsp3) is 0.312. The minimum Gasteiger partial charge on any atom is -0.368 e. The zero-order valence-corrected chi connectivity index (χ0v) is 14.0. The summed E-state index contributed by atoms with van der Waals surface area (Å²) in [5, 5.41) is 4.95. The topological polar surface area (TPSA) is 75.1 Å². The molecule has 1 aromatic carbocycles. The zero-order chi connectivity index (χ0) is 16.5. The lowest BCUT2D eigenvalue weighted by atomic mass is 10.2. The van der Waals surface area contributed by atoms with Crippen LogP contribution in [0, 0.1) is 6.92 Å². The van der Waals surface area contributed by atoms with E-state index in [1.807, 2.05) is 24.1 Å². The number of amides is 1. The molecular formula is C16H16N6OS. The van der Waals surface area contributed by atoms with Crippen LogP contribution in [0.5, 0.6) is 0 Å². The van der Waals surface area contributed by atoms with E-state index < -0.39 is 0 Å². The Bertz CT molecular complexity index is 887. The molecule has 1 aliphatic rings. The molecule has 7 nitrogen and oxygen atoms in total. The summed E-state index contributed by atoms with van der Waals surface area (Å²) < 4.78 is 3.85. The van der Waals surface area contributed by atoms with Gasteiger partial charge in [-0.05, 0) is 36.7 Å². The fourth-order valence-electron chi connectivity index (χ4n) is 2.91. The summed E-state index contributed by atoms with van der Waals surface area (Å²) >= 11 is 1.17. The molecule has 1 amide bonds. The molecule has 4 rings (SSSR count). The molecule has 0 atom stereocenters. The first-order valence-electron chi connectivity index (χ1n) is 7.75. The normalized spacial score (nSPS) is 15.0. The van der Waals surface area contributed by atoms with E-state index in [0.29, 0.717) is 23.7 Å². The lowest BCUT2D eigenvalue weighted by Crippen LogP contribution is -2.48. The van der Waals surface area contributed by atoms with Crippen molar-refractivity contribution >= 4 is 34.0 Å². The van der Waals surface area contributed by atoms with Gasteiger partial charge in [0.2, 0.25) is 0 Å². The van der Waals surface area contributed by atoms with Crippen molar-refractivity contribution in [3.63, 3.8) is 0 Å². The highest BCUT2D eigenvalue weighted by molar-refractivity contribution is 7.07. The number of piperazine rings is 1. The quantitative estimate of drug-likeness (QED) is 0.707. The van der Waals surface area contributed by atoms with Gasteiger partial charge < -0.3 is 9.80 Å². The molecule has 2 aromatic heterocycles. The first kappa shape index (κ1) is 14.9. The number of aryl methyl sites for hydroxylation is 1. The Balaban J connectivity index is 1.47. The van der Waals surface area contributed by atoms with Crippen LogP contribution in [0.2, 0.25) is 0 Å². The van der Waals surface area contributed by atoms with E-state index in [9.17, 15) is 4.79 Å². The van der Waals surface area contributed by atoms with Gasteiger partial charge in [0.15, 0.2) is 0 Å². The standard InChI is InChI=1S/C16H16N6OS/c1-11-15(24-20-19-11)16(23)22-6-4-21(5-7-22)13-2-3-14-12(8-13)9-17-10-18-14/h2-3,8-10H,4-7H2,1H3. The Kier molecular flexibility index (Phi) is 3.81. The van der Waals surface area contributed by atoms with Crippen LogP contribution in [0.4, 0.5) is 5.69 Å². The Hall–Kier alpha value is -2.61. The summed E-state index contributed by atoms with van der Waals surface area (Å²) in [5.74, 6) is 0.0362. The van der Waals surface area contributed by atoms with Crippen molar-refractivity contribution in [3.05, 3.63) is 41.3 Å². The number of hydrogen-bond acceptors (Lipinski definition) is 7. The molecular weight excluding hydrogens is 324 g/mol. The molecule has 122 valence electrons. The van der Waals surface area contributed by atoms with Crippen molar-refractivity contribution in [3.8, 4) is 0 Å². The highest BCUT2D eigenvalue weighted by Gasteiger charge is 2.25. The van der Waals surface area contributed by atoms with E-state index in [-0.39, 0.29) is 5.91 Å². The number of hydrogen-bond donors (Lipinski definition) is 0. The number of fused-ring (bicyclic) bond motifs is 1. The number of aromatic nitrogens is 4. The average Bonchev–Trinajstić information content (AvgIpc) is 3.07. The second kappa shape index (κ2) is 6.12. The minimum atomic E-state index is 0.0362. The fourth-order valence-corrected chi connectivity index (χ4v) is 3.53. The highest BCUT2D eigenvalue weighted by atomic mass is 32.1. The smallest absolute Gasteiger partial charge is 0.267 e. The van der Waals surface area contributed by atoms with Gasteiger partial charge in [0.05, 0.1) is 11.2 Å². The van der Waals surface area contributed by atoms with Gasteiger partial charge in [0.1, 0.15) is 11.2 Å². The van der Waals surface area contributed by atoms with Crippen LogP contribution in [-0.4, -0.2) is 56.5 Å². The molecule has 0 unspecified atom stereocenters. The molecule has 0 saturated carbocycles. The lowest BCUT2D eigenvalue weighted by molar-refractivity contribution is 0.0750. The Labute approximate surface area is 143 Å². The molecule has 1 aliphatic heterocycles. The van der Waals surface area contributed by atoms with E-state index in [1.165, 1.54) is 11.5 Å². The van der Waals surface area contributed by atoms with Gasteiger partial charge in [-0.15, -0.1) is 5.10 Å². The van der Waals surface area contributed by atoms with Crippen molar-refractivity contribution in [1.82, 2.24) is 24.5 Å². The lowest BCUT2D eigenvalue weighted by Gasteiger charge is -2.36. The molecule has 24 heavy (non-hydrogen) atoms. The van der Waals surface area contributed by atoms with Gasteiger partial charge in [-0.1, -0.05) is 4.49 Å². The average molecular weight is 340 g/mol. The van der Waals surface area contributed by atoms with Gasteiger partial charge >= 0.3 is 0 Å². The molecule has 0 radical (unpaired) electrons. The van der Waals surface area contributed by atoms with Crippen molar-refractivity contribution in [1.29, 1.82) is 0 Å². The second-order valence-electron chi connectivity index (χ2n) is 5.73. The summed E-state index contributed by atoms with van der Waals surface area (Å²) in [7, 11) is 0. The van der Waals surface area contributed by atoms with Gasteiger partial charge in [0.25, 0.3) is 5.91 Å². The number of carbonyl (C=O) groups excluding carboxylic acids is 1. The molecule has 1 saturated heterocycles. The van der Waals surface area contributed by atoms with Crippen molar-refractivity contribution in [2.45, 2.75) is 6.92 Å². The zero-order valence-electron chi connectivity index (χ0n) is 13.2. The Morgan fingerprint density at radius 3 is 2.79 bits per heavy atom. The monoisotopic (exact) mass is 340 g/mol. The maximum Gasteiger partial charge on any atom is 0.267 e. The summed E-state index contributed by atoms with van der Waals surface area (Å²) in [5.41, 5.74) is 2.79. The predicted octanol–water partition coefficient (Wildman–Crippen LogP) is 1.75. The van der Waals surface area contributed by atoms with Gasteiger partial charge in [0, 0.05) is 43.4 Å². The summed E-state index contributed by atoms with van der Waals surface area (Å²) in [6.07, 6.45) is 3.38. The second-order valence-corrected chi connectivity index (χ2v) is 6.49. The molecule has 1 fully saturated rings. The van der Waals surface area contributed by atoms with E-state index in [1.54, 1.807) is 6.33 Å². The molecule has 0 aliphatic carbocycles. The van der Waals surface area contributed by atoms with Crippen molar-refractivity contribution in [2.75, 3.05) is 31.1 Å². The molecule has 8 heteroatoms. The molecule has 3 aromatic rings. The largest absolute Gasteiger partial charge is 0.368 e. The summed E-state index contributed by atoms with van der Waals surface area (Å²) in [4.78, 5) is 25.7. The number of benzene rings is 1. The number of anilines is 1. The molecule has 0 spiro atoms. The van der Waals surface area contributed by atoms with Crippen LogP contribution < -0.4 is 4.90 Å². The number of nitrogens with zero attached hydrogens (tertiary/aromatic N) is 6. The maximum absolute atomic E-state index is 12.5. The predicted molar refractivity (Wildman–Crippen MR) is 92.3 cm³/mol. The van der Waals surface area contributed by atoms with Gasteiger partial charge in [-0.25, -0.2) is 9.97 Å². The molecule has 0 bridgehead atoms. The third kappa shape index (κ3) is 2.69. The number of rotatable bonds is 2. The first-order valence-corrected chi connectivity index (χ1v) is 8.52. The van der Waals surface area contributed by atoms with E-state index in [4.69, 9.17) is 0 Å². The number of carbonyl (C=O) groups is 1. The van der Waals surface area contributed by atoms with E-state index in [2.05, 4.69) is 36.6 Å². The van der Waals surface area contributed by atoms with Gasteiger partial charge in [-0.2, -0.15) is 0 Å². The van der Waals surface area contributed by atoms with Gasteiger partial charge in [-0.3, -0.25) is 4.79 Å². The Morgan fingerprint density at radius 1 is 1.21 bits per heavy atom. The van der Waals surface area contributed by atoms with Crippen LogP contribution in [-0.2, 0) is 0 Å². The van der Waals surface area contributed by atoms with Crippen molar-refractivity contribution in [2.24, 2.45) is 0 Å². The van der Waals surface area contributed by atoms with E-state index in [0.717, 1.165) is 29.7 Å². The van der Waals surface area contributed by atoms with Crippen molar-refractivity contribution < 1.29 is 4.79 Å². The van der Waals surface area contributed by atoms with Crippen LogP contribution in [0.3, 0.4) is 0 Å². The van der Waals surface area contributed by atoms with Crippen LogP contribution in [0.15, 0.2) is 30.7 Å². The third-order valence-electron chi connectivity index (χ3n) is 4.27.